The fourth-order valence-electron chi connectivity index (χ4n) is 3.92. The Morgan fingerprint density at radius 1 is 1.04 bits per heavy atom. The summed E-state index contributed by atoms with van der Waals surface area (Å²) in [4.78, 5) is 6.44. The van der Waals surface area contributed by atoms with Crippen molar-refractivity contribution < 1.29 is 4.90 Å². The van der Waals surface area contributed by atoms with E-state index in [0.717, 1.165) is 30.1 Å². The molecule has 0 amide bonds. The number of likely N-dealkylation sites (tertiary alicyclic amines) is 1. The van der Waals surface area contributed by atoms with Gasteiger partial charge in [-0.25, -0.2) is 4.98 Å². The van der Waals surface area contributed by atoms with Crippen molar-refractivity contribution in [3.05, 3.63) is 65.4 Å². The molecule has 0 bridgehead atoms. The molecule has 1 unspecified atom stereocenters. The van der Waals surface area contributed by atoms with Gasteiger partial charge in [-0.3, -0.25) is 0 Å². The van der Waals surface area contributed by atoms with Crippen LogP contribution in [0.1, 0.15) is 36.1 Å². The Kier molecular flexibility index (Phi) is 4.39. The summed E-state index contributed by atoms with van der Waals surface area (Å²) < 4.78 is 3.13. The largest absolute Gasteiger partial charge is 0.320 e. The molecular formula is C20H21N6S+. The van der Waals surface area contributed by atoms with Crippen molar-refractivity contribution in [3.63, 3.8) is 0 Å². The van der Waals surface area contributed by atoms with Gasteiger partial charge in [0.25, 0.3) is 0 Å². The molecule has 1 aliphatic rings. The second kappa shape index (κ2) is 7.17. The first-order chi connectivity index (χ1) is 13.4. The van der Waals surface area contributed by atoms with Gasteiger partial charge in [-0.05, 0) is 47.5 Å². The van der Waals surface area contributed by atoms with Gasteiger partial charge in [0.1, 0.15) is 12.6 Å². The Bertz CT molecular complexity index is 1010. The molecule has 3 heterocycles. The summed E-state index contributed by atoms with van der Waals surface area (Å²) in [5.74, 6) is 0.907. The molecule has 5 rings (SSSR count). The molecule has 1 fully saturated rings. The van der Waals surface area contributed by atoms with Crippen LogP contribution < -0.4 is 4.90 Å². The monoisotopic (exact) mass is 377 g/mol. The predicted molar refractivity (Wildman–Crippen MR) is 105 cm³/mol. The Morgan fingerprint density at radius 3 is 2.78 bits per heavy atom. The summed E-state index contributed by atoms with van der Waals surface area (Å²) in [6.07, 6.45) is 3.67. The number of tetrazole rings is 1. The van der Waals surface area contributed by atoms with E-state index in [9.17, 15) is 0 Å². The Morgan fingerprint density at radius 2 is 1.89 bits per heavy atom. The normalized spacial score (nSPS) is 20.1. The first-order valence-electron chi connectivity index (χ1n) is 9.41. The number of thiazole rings is 1. The average molecular weight is 377 g/mol. The van der Waals surface area contributed by atoms with Crippen molar-refractivity contribution in [1.82, 2.24) is 25.2 Å². The lowest BCUT2D eigenvalue weighted by Crippen LogP contribution is -3.11. The molecule has 1 N–H and O–H groups in total. The summed E-state index contributed by atoms with van der Waals surface area (Å²) in [7, 11) is 0. The van der Waals surface area contributed by atoms with Gasteiger partial charge in [-0.15, -0.1) is 16.4 Å². The zero-order chi connectivity index (χ0) is 18.1. The van der Waals surface area contributed by atoms with Crippen LogP contribution in [0.5, 0.6) is 0 Å². The summed E-state index contributed by atoms with van der Waals surface area (Å²) >= 11 is 1.83. The second-order valence-corrected chi connectivity index (χ2v) is 8.06. The fraction of sp³-hybridized carbons (Fsp3) is 0.300. The van der Waals surface area contributed by atoms with E-state index in [4.69, 9.17) is 4.98 Å². The van der Waals surface area contributed by atoms with Crippen molar-refractivity contribution in [2.24, 2.45) is 0 Å². The van der Waals surface area contributed by atoms with E-state index < -0.39 is 0 Å². The third kappa shape index (κ3) is 3.24. The lowest BCUT2D eigenvalue weighted by molar-refractivity contribution is -0.950. The lowest BCUT2D eigenvalue weighted by Gasteiger charge is -2.30. The number of fused-ring (bicyclic) bond motifs is 1. The molecule has 1 aliphatic heterocycles. The van der Waals surface area contributed by atoms with Crippen LogP contribution in [-0.4, -0.2) is 31.7 Å². The predicted octanol–water partition coefficient (Wildman–Crippen LogP) is 2.58. The highest BCUT2D eigenvalue weighted by Gasteiger charge is 2.32. The minimum Gasteiger partial charge on any atom is -0.320 e. The number of rotatable bonds is 4. The Labute approximate surface area is 161 Å². The number of aromatic nitrogens is 5. The Balaban J connectivity index is 1.44. The van der Waals surface area contributed by atoms with Gasteiger partial charge in [0.2, 0.25) is 5.82 Å². The molecule has 2 atom stereocenters. The van der Waals surface area contributed by atoms with Gasteiger partial charge >= 0.3 is 0 Å². The summed E-state index contributed by atoms with van der Waals surface area (Å²) in [6, 6.07) is 18.9. The van der Waals surface area contributed by atoms with E-state index in [2.05, 4.69) is 39.8 Å². The van der Waals surface area contributed by atoms with Gasteiger partial charge in [0, 0.05) is 6.42 Å². The second-order valence-electron chi connectivity index (χ2n) is 7.00. The number of para-hydroxylation sites is 2. The Hall–Kier alpha value is -2.64. The quantitative estimate of drug-likeness (QED) is 0.594. The number of nitrogens with zero attached hydrogens (tertiary/aromatic N) is 5. The molecular weight excluding hydrogens is 356 g/mol. The number of benzene rings is 2. The van der Waals surface area contributed by atoms with Crippen molar-refractivity contribution >= 4 is 21.6 Å². The summed E-state index contributed by atoms with van der Waals surface area (Å²) in [6.45, 7) is 1.94. The number of nitrogens with one attached hydrogen (secondary N) is 1. The molecule has 0 radical (unpaired) electrons. The summed E-state index contributed by atoms with van der Waals surface area (Å²) in [5.41, 5.74) is 2.11. The van der Waals surface area contributed by atoms with Crippen LogP contribution >= 0.6 is 11.3 Å². The molecule has 0 spiro atoms. The van der Waals surface area contributed by atoms with Crippen molar-refractivity contribution in [3.8, 4) is 5.69 Å². The van der Waals surface area contributed by atoms with Crippen molar-refractivity contribution in [2.75, 3.05) is 6.54 Å². The molecule has 2 aromatic heterocycles. The fourth-order valence-corrected chi connectivity index (χ4v) is 5.08. The van der Waals surface area contributed by atoms with Crippen LogP contribution in [0.3, 0.4) is 0 Å². The zero-order valence-corrected chi connectivity index (χ0v) is 15.8. The van der Waals surface area contributed by atoms with Crippen LogP contribution in [0.2, 0.25) is 0 Å². The highest BCUT2D eigenvalue weighted by Crippen LogP contribution is 2.28. The lowest BCUT2D eigenvalue weighted by atomic mass is 10.0. The van der Waals surface area contributed by atoms with Gasteiger partial charge in [0.15, 0.2) is 5.01 Å². The minimum absolute atomic E-state index is 0.414. The highest BCUT2D eigenvalue weighted by molar-refractivity contribution is 7.18. The molecule has 0 saturated carbocycles. The van der Waals surface area contributed by atoms with E-state index in [-0.39, 0.29) is 0 Å². The van der Waals surface area contributed by atoms with Crippen LogP contribution in [0.4, 0.5) is 0 Å². The third-order valence-corrected chi connectivity index (χ3v) is 6.41. The topological polar surface area (TPSA) is 60.9 Å². The van der Waals surface area contributed by atoms with E-state index in [0.29, 0.717) is 6.04 Å². The van der Waals surface area contributed by atoms with E-state index >= 15 is 0 Å². The number of hydrogen-bond acceptors (Lipinski definition) is 5. The van der Waals surface area contributed by atoms with Gasteiger partial charge < -0.3 is 4.90 Å². The summed E-state index contributed by atoms with van der Waals surface area (Å²) in [5, 5.41) is 13.7. The maximum atomic E-state index is 4.94. The minimum atomic E-state index is 0.414. The van der Waals surface area contributed by atoms with E-state index in [1.54, 1.807) is 0 Å². The molecule has 4 aromatic rings. The molecule has 27 heavy (non-hydrogen) atoms. The standard InChI is InChI=1S/C20H20N6S/c1-2-8-15(9-3-1)26-19(22-23-24-26)14-25-13-7-6-11-17(25)20-21-16-10-4-5-12-18(16)27-20/h1-5,8-10,12,17H,6-7,11,13-14H2/p+1/t17-/m0/s1. The number of hydrogen-bond donors (Lipinski definition) is 1. The van der Waals surface area contributed by atoms with Gasteiger partial charge in [0.05, 0.1) is 22.4 Å². The smallest absolute Gasteiger partial charge is 0.210 e. The first-order valence-corrected chi connectivity index (χ1v) is 10.2. The molecule has 6 nitrogen and oxygen atoms in total. The SMILES string of the molecule is c1ccc(-n2nnnc2C[NH+]2CCCC[C@H]2c2nc3ccccc3s2)cc1. The molecule has 2 aromatic carbocycles. The van der Waals surface area contributed by atoms with E-state index in [1.165, 1.54) is 33.9 Å². The van der Waals surface area contributed by atoms with Crippen molar-refractivity contribution in [1.29, 1.82) is 0 Å². The van der Waals surface area contributed by atoms with Crippen molar-refractivity contribution in [2.45, 2.75) is 31.8 Å². The van der Waals surface area contributed by atoms with E-state index in [1.807, 2.05) is 46.4 Å². The first kappa shape index (κ1) is 16.5. The van der Waals surface area contributed by atoms with Crippen LogP contribution in [0, 0.1) is 0 Å². The molecule has 136 valence electrons. The highest BCUT2D eigenvalue weighted by atomic mass is 32.1. The maximum Gasteiger partial charge on any atom is 0.210 e. The molecule has 0 aliphatic carbocycles. The van der Waals surface area contributed by atoms with Gasteiger partial charge in [-0.2, -0.15) is 4.68 Å². The molecule has 1 saturated heterocycles. The number of piperidine rings is 1. The molecule has 7 heteroatoms. The third-order valence-electron chi connectivity index (χ3n) is 5.26. The van der Waals surface area contributed by atoms with Crippen LogP contribution in [0.15, 0.2) is 54.6 Å². The zero-order valence-electron chi connectivity index (χ0n) is 15.0. The average Bonchev–Trinajstić information content (AvgIpc) is 3.36. The van der Waals surface area contributed by atoms with Crippen LogP contribution in [-0.2, 0) is 6.54 Å². The van der Waals surface area contributed by atoms with Gasteiger partial charge in [-0.1, -0.05) is 30.3 Å². The maximum absolute atomic E-state index is 4.94. The number of quaternary nitrogens is 1. The van der Waals surface area contributed by atoms with Crippen LogP contribution in [0.25, 0.3) is 15.9 Å².